The lowest BCUT2D eigenvalue weighted by Crippen LogP contribution is -2.30. The minimum Gasteiger partial charge on any atom is -0.453 e. The second-order valence-electron chi connectivity index (χ2n) is 6.06. The van der Waals surface area contributed by atoms with Crippen molar-refractivity contribution < 1.29 is 23.6 Å². The Morgan fingerprint density at radius 1 is 1.27 bits per heavy atom. The monoisotopic (exact) mass is 358 g/mol. The molecule has 0 aliphatic heterocycles. The number of Topliss-reactive ketones (excluding diaryl/α,β-unsaturated/α-hetero) is 1. The molecule has 2 aromatic rings. The maximum absolute atomic E-state index is 12.2. The second kappa shape index (κ2) is 8.42. The van der Waals surface area contributed by atoms with Gasteiger partial charge in [0.25, 0.3) is 5.91 Å². The van der Waals surface area contributed by atoms with Gasteiger partial charge in [0.2, 0.25) is 0 Å². The smallest absolute Gasteiger partial charge is 0.306 e. The number of aromatic nitrogens is 1. The molecule has 0 spiro atoms. The summed E-state index contributed by atoms with van der Waals surface area (Å²) in [5.74, 6) is -0.368. The number of carbonyl (C=O) groups is 3. The maximum atomic E-state index is 12.2. The minimum atomic E-state index is -0.951. The fraction of sp³-hybridized carbons (Fsp3) is 0.368. The molecular weight excluding hydrogens is 336 g/mol. The van der Waals surface area contributed by atoms with Crippen LogP contribution in [0.4, 0.5) is 5.69 Å². The molecule has 26 heavy (non-hydrogen) atoms. The van der Waals surface area contributed by atoms with Gasteiger partial charge in [0.15, 0.2) is 11.9 Å². The van der Waals surface area contributed by atoms with E-state index in [9.17, 15) is 14.4 Å². The van der Waals surface area contributed by atoms with Crippen LogP contribution in [0.15, 0.2) is 28.8 Å². The zero-order chi connectivity index (χ0) is 19.3. The molecule has 0 saturated carbocycles. The molecule has 1 aromatic heterocycles. The molecule has 0 fully saturated rings. The van der Waals surface area contributed by atoms with Gasteiger partial charge in [0, 0.05) is 23.2 Å². The standard InChI is InChI=1S/C19H22N2O5/c1-11-17(13(3)26-21-11)8-9-18(23)25-14(4)19(24)20-16-7-5-6-15(10-16)12(2)22/h5-7,10,14H,8-9H2,1-4H3,(H,20,24)/t14-/m1/s1. The lowest BCUT2D eigenvalue weighted by Gasteiger charge is -2.14. The van der Waals surface area contributed by atoms with Crippen LogP contribution in [0.25, 0.3) is 0 Å². The molecule has 2 rings (SSSR count). The van der Waals surface area contributed by atoms with Gasteiger partial charge in [-0.15, -0.1) is 0 Å². The quantitative estimate of drug-likeness (QED) is 0.603. The van der Waals surface area contributed by atoms with E-state index in [4.69, 9.17) is 9.26 Å². The van der Waals surface area contributed by atoms with Crippen molar-refractivity contribution in [2.45, 2.75) is 46.6 Å². The van der Waals surface area contributed by atoms with E-state index < -0.39 is 18.0 Å². The van der Waals surface area contributed by atoms with E-state index in [2.05, 4.69) is 10.5 Å². The van der Waals surface area contributed by atoms with Gasteiger partial charge in [0.1, 0.15) is 5.76 Å². The first-order valence-corrected chi connectivity index (χ1v) is 8.31. The van der Waals surface area contributed by atoms with Gasteiger partial charge in [-0.25, -0.2) is 0 Å². The number of amides is 1. The van der Waals surface area contributed by atoms with Gasteiger partial charge in [-0.05, 0) is 46.2 Å². The Hall–Kier alpha value is -2.96. The van der Waals surface area contributed by atoms with E-state index in [0.29, 0.717) is 23.4 Å². The zero-order valence-corrected chi connectivity index (χ0v) is 15.3. The van der Waals surface area contributed by atoms with Crippen LogP contribution in [-0.2, 0) is 20.7 Å². The number of benzene rings is 1. The fourth-order valence-electron chi connectivity index (χ4n) is 2.46. The topological polar surface area (TPSA) is 98.5 Å². The molecule has 1 heterocycles. The molecule has 1 atom stereocenters. The fourth-order valence-corrected chi connectivity index (χ4v) is 2.46. The number of aryl methyl sites for hydroxylation is 2. The Kier molecular flexibility index (Phi) is 6.27. The van der Waals surface area contributed by atoms with Gasteiger partial charge < -0.3 is 14.6 Å². The summed E-state index contributed by atoms with van der Waals surface area (Å²) in [6.07, 6.45) is -0.386. The first kappa shape index (κ1) is 19.4. The van der Waals surface area contributed by atoms with Crippen LogP contribution < -0.4 is 5.32 Å². The summed E-state index contributed by atoms with van der Waals surface area (Å²) in [6.45, 7) is 6.54. The van der Waals surface area contributed by atoms with Gasteiger partial charge >= 0.3 is 5.97 Å². The lowest BCUT2D eigenvalue weighted by molar-refractivity contribution is -0.153. The zero-order valence-electron chi connectivity index (χ0n) is 15.3. The molecule has 1 amide bonds. The van der Waals surface area contributed by atoms with Crippen LogP contribution in [0.1, 0.15) is 47.6 Å². The Balaban J connectivity index is 1.87. The third-order valence-corrected chi connectivity index (χ3v) is 3.97. The van der Waals surface area contributed by atoms with Crippen LogP contribution in [0.2, 0.25) is 0 Å². The number of ether oxygens (including phenoxy) is 1. The first-order chi connectivity index (χ1) is 12.3. The van der Waals surface area contributed by atoms with Gasteiger partial charge in [-0.1, -0.05) is 17.3 Å². The SMILES string of the molecule is CC(=O)c1cccc(NC(=O)[C@@H](C)OC(=O)CCc2c(C)noc2C)c1. The summed E-state index contributed by atoms with van der Waals surface area (Å²) in [5, 5.41) is 6.47. The number of anilines is 1. The molecule has 1 aromatic carbocycles. The molecule has 7 heteroatoms. The second-order valence-corrected chi connectivity index (χ2v) is 6.06. The van der Waals surface area contributed by atoms with E-state index in [-0.39, 0.29) is 12.2 Å². The number of rotatable bonds is 7. The molecule has 138 valence electrons. The average molecular weight is 358 g/mol. The number of hydrogen-bond donors (Lipinski definition) is 1. The van der Waals surface area contributed by atoms with Crippen LogP contribution in [0, 0.1) is 13.8 Å². The van der Waals surface area contributed by atoms with E-state index in [1.165, 1.54) is 13.8 Å². The van der Waals surface area contributed by atoms with Crippen LogP contribution in [0.3, 0.4) is 0 Å². The predicted octanol–water partition coefficient (Wildman–Crippen LogP) is 3.00. The predicted molar refractivity (Wildman–Crippen MR) is 94.9 cm³/mol. The molecule has 0 bridgehead atoms. The summed E-state index contributed by atoms with van der Waals surface area (Å²) in [6, 6.07) is 6.57. The number of hydrogen-bond acceptors (Lipinski definition) is 6. The van der Waals surface area contributed by atoms with Crippen molar-refractivity contribution in [3.05, 3.63) is 46.8 Å². The van der Waals surface area contributed by atoms with E-state index in [1.54, 1.807) is 31.2 Å². The summed E-state index contributed by atoms with van der Waals surface area (Å²) >= 11 is 0. The highest BCUT2D eigenvalue weighted by molar-refractivity contribution is 5.98. The Bertz CT molecular complexity index is 806. The molecular formula is C19H22N2O5. The van der Waals surface area contributed by atoms with Crippen molar-refractivity contribution in [1.29, 1.82) is 0 Å². The Labute approximate surface area is 151 Å². The first-order valence-electron chi connectivity index (χ1n) is 8.31. The molecule has 1 N–H and O–H groups in total. The van der Waals surface area contributed by atoms with Gasteiger partial charge in [-0.3, -0.25) is 14.4 Å². The summed E-state index contributed by atoms with van der Waals surface area (Å²) in [4.78, 5) is 35.5. The summed E-state index contributed by atoms with van der Waals surface area (Å²) in [7, 11) is 0. The average Bonchev–Trinajstić information content (AvgIpc) is 2.91. The van der Waals surface area contributed by atoms with Crippen molar-refractivity contribution in [2.24, 2.45) is 0 Å². The number of nitrogens with zero attached hydrogens (tertiary/aromatic N) is 1. The normalized spacial score (nSPS) is 11.7. The number of carbonyl (C=O) groups excluding carboxylic acids is 3. The summed E-state index contributed by atoms with van der Waals surface area (Å²) < 4.78 is 10.2. The molecule has 0 unspecified atom stereocenters. The largest absolute Gasteiger partial charge is 0.453 e. The molecule has 7 nitrogen and oxygen atoms in total. The van der Waals surface area contributed by atoms with E-state index in [1.807, 2.05) is 6.92 Å². The molecule has 0 saturated heterocycles. The van der Waals surface area contributed by atoms with Crippen LogP contribution in [0.5, 0.6) is 0 Å². The van der Waals surface area contributed by atoms with Crippen LogP contribution >= 0.6 is 0 Å². The highest BCUT2D eigenvalue weighted by Gasteiger charge is 2.19. The third-order valence-electron chi connectivity index (χ3n) is 3.97. The highest BCUT2D eigenvalue weighted by Crippen LogP contribution is 2.15. The number of esters is 1. The Morgan fingerprint density at radius 2 is 2.00 bits per heavy atom. The lowest BCUT2D eigenvalue weighted by atomic mass is 10.1. The molecule has 0 aliphatic rings. The Morgan fingerprint density at radius 3 is 2.62 bits per heavy atom. The molecule has 0 radical (unpaired) electrons. The van der Waals surface area contributed by atoms with E-state index in [0.717, 1.165) is 11.3 Å². The van der Waals surface area contributed by atoms with Crippen molar-refractivity contribution in [3.8, 4) is 0 Å². The highest BCUT2D eigenvalue weighted by atomic mass is 16.5. The van der Waals surface area contributed by atoms with E-state index >= 15 is 0 Å². The van der Waals surface area contributed by atoms with Gasteiger partial charge in [0.05, 0.1) is 5.69 Å². The number of ketones is 1. The third kappa shape index (κ3) is 5.02. The van der Waals surface area contributed by atoms with Crippen molar-refractivity contribution >= 4 is 23.3 Å². The van der Waals surface area contributed by atoms with Crippen molar-refractivity contribution in [1.82, 2.24) is 5.16 Å². The minimum absolute atomic E-state index is 0.0973. The molecule has 0 aliphatic carbocycles. The van der Waals surface area contributed by atoms with Crippen molar-refractivity contribution in [3.63, 3.8) is 0 Å². The van der Waals surface area contributed by atoms with Gasteiger partial charge in [-0.2, -0.15) is 0 Å². The van der Waals surface area contributed by atoms with Crippen LogP contribution in [-0.4, -0.2) is 28.9 Å². The maximum Gasteiger partial charge on any atom is 0.306 e. The summed E-state index contributed by atoms with van der Waals surface area (Å²) in [5.41, 5.74) is 2.58. The number of nitrogens with one attached hydrogen (secondary N) is 1. The van der Waals surface area contributed by atoms with Crippen molar-refractivity contribution in [2.75, 3.05) is 5.32 Å².